The molecule has 2 aliphatic heterocycles. The molecule has 0 aromatic carbocycles. The zero-order valence-electron chi connectivity index (χ0n) is 7.10. The Bertz CT molecular complexity index is 111. The Hall–Kier alpha value is -0.0800. The van der Waals surface area contributed by atoms with Crippen molar-refractivity contribution in [2.75, 3.05) is 19.6 Å². The van der Waals surface area contributed by atoms with Gasteiger partial charge in [-0.05, 0) is 51.2 Å². The van der Waals surface area contributed by atoms with E-state index in [1.54, 1.807) is 0 Å². The van der Waals surface area contributed by atoms with Crippen molar-refractivity contribution in [2.24, 2.45) is 5.92 Å². The molecule has 0 aromatic heterocycles. The molecule has 11 heavy (non-hydrogen) atoms. The Labute approximate surface area is 68.7 Å². The van der Waals surface area contributed by atoms with Crippen LogP contribution in [0.15, 0.2) is 0 Å². The van der Waals surface area contributed by atoms with Crippen LogP contribution in [0.25, 0.3) is 0 Å². The van der Waals surface area contributed by atoms with Gasteiger partial charge in [0.2, 0.25) is 0 Å². The van der Waals surface area contributed by atoms with E-state index in [2.05, 4.69) is 10.6 Å². The molecule has 0 radical (unpaired) electrons. The molecule has 2 atom stereocenters. The summed E-state index contributed by atoms with van der Waals surface area (Å²) in [4.78, 5) is 0. The Balaban J connectivity index is 1.93. The minimum Gasteiger partial charge on any atom is -0.316 e. The first-order valence-electron chi connectivity index (χ1n) is 4.91. The number of hydrogen-bond donors (Lipinski definition) is 2. The molecule has 2 unspecified atom stereocenters. The highest BCUT2D eigenvalue weighted by Crippen LogP contribution is 2.20. The van der Waals surface area contributed by atoms with Crippen LogP contribution in [0.4, 0.5) is 0 Å². The second kappa shape index (κ2) is 3.55. The van der Waals surface area contributed by atoms with E-state index in [1.807, 2.05) is 0 Å². The lowest BCUT2D eigenvalue weighted by molar-refractivity contribution is 0.278. The molecule has 2 rings (SSSR count). The van der Waals surface area contributed by atoms with Crippen LogP contribution in [0, 0.1) is 5.92 Å². The van der Waals surface area contributed by atoms with E-state index >= 15 is 0 Å². The van der Waals surface area contributed by atoms with Crippen molar-refractivity contribution in [1.82, 2.24) is 10.6 Å². The highest BCUT2D eigenvalue weighted by molar-refractivity contribution is 4.84. The normalized spacial score (nSPS) is 39.3. The third kappa shape index (κ3) is 1.74. The fraction of sp³-hybridized carbons (Fsp3) is 1.00. The summed E-state index contributed by atoms with van der Waals surface area (Å²) in [7, 11) is 0. The van der Waals surface area contributed by atoms with Gasteiger partial charge < -0.3 is 10.6 Å². The molecule has 0 aliphatic carbocycles. The highest BCUT2D eigenvalue weighted by atomic mass is 15.0. The lowest BCUT2D eigenvalue weighted by Crippen LogP contribution is -2.43. The Kier molecular flexibility index (Phi) is 2.44. The predicted octanol–water partition coefficient (Wildman–Crippen LogP) is 0.738. The number of piperidine rings is 1. The average Bonchev–Trinajstić information content (AvgIpc) is 2.28. The minimum absolute atomic E-state index is 0.832. The first kappa shape index (κ1) is 7.56. The molecule has 0 amide bonds. The molecule has 2 N–H and O–H groups in total. The van der Waals surface area contributed by atoms with E-state index in [4.69, 9.17) is 0 Å². The Morgan fingerprint density at radius 1 is 1.00 bits per heavy atom. The zero-order valence-corrected chi connectivity index (χ0v) is 7.10. The molecule has 0 aromatic rings. The van der Waals surface area contributed by atoms with Gasteiger partial charge in [-0.15, -0.1) is 0 Å². The van der Waals surface area contributed by atoms with E-state index in [-0.39, 0.29) is 0 Å². The third-order valence-corrected chi connectivity index (χ3v) is 3.00. The Morgan fingerprint density at radius 2 is 1.91 bits per heavy atom. The largest absolute Gasteiger partial charge is 0.316 e. The summed E-state index contributed by atoms with van der Waals surface area (Å²) in [6.07, 6.45) is 5.55. The van der Waals surface area contributed by atoms with Crippen molar-refractivity contribution < 1.29 is 0 Å². The number of hydrogen-bond acceptors (Lipinski definition) is 2. The smallest absolute Gasteiger partial charge is 0.0108 e. The van der Waals surface area contributed by atoms with Crippen LogP contribution >= 0.6 is 0 Å². The van der Waals surface area contributed by atoms with Crippen molar-refractivity contribution in [3.63, 3.8) is 0 Å². The molecule has 2 heterocycles. The summed E-state index contributed by atoms with van der Waals surface area (Å²) < 4.78 is 0. The summed E-state index contributed by atoms with van der Waals surface area (Å²) in [6.45, 7) is 3.73. The lowest BCUT2D eigenvalue weighted by Gasteiger charge is -2.30. The fourth-order valence-electron chi connectivity index (χ4n) is 2.34. The van der Waals surface area contributed by atoms with Gasteiger partial charge in [-0.1, -0.05) is 0 Å². The molecule has 0 saturated carbocycles. The van der Waals surface area contributed by atoms with Crippen LogP contribution < -0.4 is 10.6 Å². The van der Waals surface area contributed by atoms with Crippen molar-refractivity contribution in [2.45, 2.75) is 31.7 Å². The van der Waals surface area contributed by atoms with Gasteiger partial charge in [0.1, 0.15) is 0 Å². The number of nitrogens with one attached hydrogen (secondary N) is 2. The van der Waals surface area contributed by atoms with Crippen LogP contribution in [-0.2, 0) is 0 Å². The van der Waals surface area contributed by atoms with Crippen LogP contribution in [0.5, 0.6) is 0 Å². The van der Waals surface area contributed by atoms with Gasteiger partial charge in [-0.25, -0.2) is 0 Å². The molecule has 0 bridgehead atoms. The number of rotatable bonds is 0. The SMILES string of the molecule is C1CNC2CCCNCC2C1. The molecule has 2 fully saturated rings. The van der Waals surface area contributed by atoms with E-state index in [9.17, 15) is 0 Å². The molecule has 2 nitrogen and oxygen atoms in total. The number of fused-ring (bicyclic) bond motifs is 1. The van der Waals surface area contributed by atoms with Gasteiger partial charge >= 0.3 is 0 Å². The fourth-order valence-corrected chi connectivity index (χ4v) is 2.34. The van der Waals surface area contributed by atoms with Crippen LogP contribution in [-0.4, -0.2) is 25.7 Å². The molecule has 0 spiro atoms. The van der Waals surface area contributed by atoms with Gasteiger partial charge in [-0.2, -0.15) is 0 Å². The van der Waals surface area contributed by atoms with Gasteiger partial charge in [0, 0.05) is 6.04 Å². The molecule has 2 saturated heterocycles. The predicted molar refractivity (Wildman–Crippen MR) is 46.6 cm³/mol. The molecule has 2 heteroatoms. The van der Waals surface area contributed by atoms with Gasteiger partial charge in [-0.3, -0.25) is 0 Å². The maximum Gasteiger partial charge on any atom is 0.0108 e. The van der Waals surface area contributed by atoms with Crippen molar-refractivity contribution in [1.29, 1.82) is 0 Å². The summed E-state index contributed by atoms with van der Waals surface area (Å²) in [5, 5.41) is 7.13. The third-order valence-electron chi connectivity index (χ3n) is 3.00. The van der Waals surface area contributed by atoms with E-state index in [0.29, 0.717) is 0 Å². The monoisotopic (exact) mass is 154 g/mol. The second-order valence-corrected chi connectivity index (χ2v) is 3.81. The van der Waals surface area contributed by atoms with Gasteiger partial charge in [0.15, 0.2) is 0 Å². The second-order valence-electron chi connectivity index (χ2n) is 3.81. The summed E-state index contributed by atoms with van der Waals surface area (Å²) in [5.41, 5.74) is 0. The summed E-state index contributed by atoms with van der Waals surface area (Å²) in [6, 6.07) is 0.832. The van der Waals surface area contributed by atoms with E-state index < -0.39 is 0 Å². The highest BCUT2D eigenvalue weighted by Gasteiger charge is 2.25. The first-order valence-corrected chi connectivity index (χ1v) is 4.91. The van der Waals surface area contributed by atoms with Crippen LogP contribution in [0.2, 0.25) is 0 Å². The average molecular weight is 154 g/mol. The maximum atomic E-state index is 3.62. The van der Waals surface area contributed by atoms with Crippen molar-refractivity contribution in [3.8, 4) is 0 Å². The van der Waals surface area contributed by atoms with Crippen LogP contribution in [0.1, 0.15) is 25.7 Å². The lowest BCUT2D eigenvalue weighted by atomic mass is 9.89. The van der Waals surface area contributed by atoms with E-state index in [1.165, 1.54) is 45.3 Å². The van der Waals surface area contributed by atoms with Crippen molar-refractivity contribution >= 4 is 0 Å². The van der Waals surface area contributed by atoms with Gasteiger partial charge in [0.25, 0.3) is 0 Å². The molecular formula is C9H18N2. The van der Waals surface area contributed by atoms with Gasteiger partial charge in [0.05, 0.1) is 0 Å². The van der Waals surface area contributed by atoms with Crippen molar-refractivity contribution in [3.05, 3.63) is 0 Å². The first-order chi connectivity index (χ1) is 5.47. The summed E-state index contributed by atoms with van der Waals surface area (Å²) >= 11 is 0. The quantitative estimate of drug-likeness (QED) is 0.538. The molecular weight excluding hydrogens is 136 g/mol. The molecule has 64 valence electrons. The maximum absolute atomic E-state index is 3.62. The Morgan fingerprint density at radius 3 is 2.91 bits per heavy atom. The molecule has 2 aliphatic rings. The topological polar surface area (TPSA) is 24.1 Å². The minimum atomic E-state index is 0.832. The zero-order chi connectivity index (χ0) is 7.52. The van der Waals surface area contributed by atoms with E-state index in [0.717, 1.165) is 12.0 Å². The summed E-state index contributed by atoms with van der Waals surface area (Å²) in [5.74, 6) is 0.922. The standard InChI is InChI=1S/C9H18N2/c1-3-8-7-10-5-2-4-9(8)11-6-1/h8-11H,1-7H2. The van der Waals surface area contributed by atoms with Crippen LogP contribution in [0.3, 0.4) is 0 Å².